The number of benzene rings is 2. The van der Waals surface area contributed by atoms with Gasteiger partial charge in [-0.3, -0.25) is 0 Å². The van der Waals surface area contributed by atoms with Crippen molar-refractivity contribution in [1.29, 1.82) is 5.26 Å². The number of anilines is 2. The zero-order chi connectivity index (χ0) is 24.5. The molecule has 0 aromatic heterocycles. The van der Waals surface area contributed by atoms with Gasteiger partial charge in [-0.25, -0.2) is 0 Å². The Morgan fingerprint density at radius 1 is 0.853 bits per heavy atom. The van der Waals surface area contributed by atoms with Crippen LogP contribution < -0.4 is 20.9 Å². The predicted octanol–water partition coefficient (Wildman–Crippen LogP) is 4.30. The Morgan fingerprint density at radius 3 is 1.71 bits per heavy atom. The number of nitrogens with two attached hydrogens (primary N) is 1. The molecular formula is C25H30Cl2N6S. The third kappa shape index (κ3) is 7.25. The fraction of sp³-hybridized carbons (Fsp3) is 0.360. The highest BCUT2D eigenvalue weighted by molar-refractivity contribution is 7.80. The first kappa shape index (κ1) is 26.1. The molecule has 0 aliphatic carbocycles. The Bertz CT molecular complexity index is 1020. The van der Waals surface area contributed by atoms with E-state index in [0.29, 0.717) is 5.57 Å². The van der Waals surface area contributed by atoms with Crippen molar-refractivity contribution in [2.24, 2.45) is 5.73 Å². The van der Waals surface area contributed by atoms with Gasteiger partial charge < -0.3 is 25.8 Å². The highest BCUT2D eigenvalue weighted by Crippen LogP contribution is 2.21. The summed E-state index contributed by atoms with van der Waals surface area (Å²) in [5.74, 6) is 0. The molecule has 2 aliphatic rings. The molecule has 0 radical (unpaired) electrons. The van der Waals surface area contributed by atoms with Crippen molar-refractivity contribution in [3.63, 3.8) is 0 Å². The van der Waals surface area contributed by atoms with Crippen LogP contribution >= 0.6 is 35.4 Å². The molecule has 2 heterocycles. The maximum absolute atomic E-state index is 9.13. The molecule has 0 amide bonds. The van der Waals surface area contributed by atoms with Crippen LogP contribution in [0.25, 0.3) is 0 Å². The molecule has 2 aromatic rings. The lowest BCUT2D eigenvalue weighted by Crippen LogP contribution is -2.46. The number of halogens is 2. The average molecular weight is 518 g/mol. The quantitative estimate of drug-likeness (QED) is 0.356. The first-order valence-electron chi connectivity index (χ1n) is 11.3. The number of allylic oxidation sites excluding steroid dienone is 1. The molecule has 0 saturated carbocycles. The molecule has 0 spiro atoms. The Morgan fingerprint density at radius 2 is 1.29 bits per heavy atom. The maximum Gasteiger partial charge on any atom is 0.116 e. The summed E-state index contributed by atoms with van der Waals surface area (Å²) in [6.45, 7) is 9.65. The third-order valence-electron chi connectivity index (χ3n) is 5.97. The van der Waals surface area contributed by atoms with Crippen molar-refractivity contribution in [1.82, 2.24) is 10.2 Å². The summed E-state index contributed by atoms with van der Waals surface area (Å²) < 4.78 is 0. The van der Waals surface area contributed by atoms with E-state index in [1.807, 2.05) is 43.3 Å². The van der Waals surface area contributed by atoms with Crippen LogP contribution in [0.4, 0.5) is 11.4 Å². The van der Waals surface area contributed by atoms with Crippen molar-refractivity contribution in [3.05, 3.63) is 69.8 Å². The Kier molecular flexibility index (Phi) is 9.85. The van der Waals surface area contributed by atoms with E-state index in [9.17, 15) is 0 Å². The number of piperazine rings is 2. The second-order valence-electron chi connectivity index (χ2n) is 8.10. The minimum Gasteiger partial charge on any atom is -0.389 e. The molecule has 2 fully saturated rings. The summed E-state index contributed by atoms with van der Waals surface area (Å²) in [5, 5.41) is 14.0. The molecule has 2 aromatic carbocycles. The van der Waals surface area contributed by atoms with Gasteiger partial charge in [0.15, 0.2) is 0 Å². The lowest BCUT2D eigenvalue weighted by Gasteiger charge is -2.38. The molecule has 180 valence electrons. The van der Waals surface area contributed by atoms with Crippen LogP contribution in [0.15, 0.2) is 59.8 Å². The van der Waals surface area contributed by atoms with Crippen LogP contribution in [0, 0.1) is 11.3 Å². The average Bonchev–Trinajstić information content (AvgIpc) is 2.86. The van der Waals surface area contributed by atoms with E-state index in [1.165, 1.54) is 5.69 Å². The van der Waals surface area contributed by atoms with Crippen molar-refractivity contribution in [2.75, 3.05) is 62.2 Å². The van der Waals surface area contributed by atoms with Gasteiger partial charge in [-0.2, -0.15) is 5.26 Å². The van der Waals surface area contributed by atoms with Crippen molar-refractivity contribution >= 4 is 51.8 Å². The topological polar surface area (TPSA) is 71.6 Å². The molecule has 0 bridgehead atoms. The summed E-state index contributed by atoms with van der Waals surface area (Å²) >= 11 is 16.6. The zero-order valence-corrected chi connectivity index (χ0v) is 21.6. The van der Waals surface area contributed by atoms with E-state index >= 15 is 0 Å². The molecule has 34 heavy (non-hydrogen) atoms. The molecule has 2 saturated heterocycles. The summed E-state index contributed by atoms with van der Waals surface area (Å²) in [4.78, 5) is 6.99. The molecule has 6 nitrogen and oxygen atoms in total. The molecule has 9 heteroatoms. The summed E-state index contributed by atoms with van der Waals surface area (Å²) in [6.07, 6.45) is 0. The SMILES string of the molecule is C/C(=C(\C#N)C(N)=S)N1CCN(c2ccc(Cl)cc2)CC1.Clc1ccc(N2CCNCC2)cc1. The number of thiocarbonyl (C=S) groups is 1. The molecule has 4 rings (SSSR count). The number of nitriles is 1. The van der Waals surface area contributed by atoms with Crippen molar-refractivity contribution in [2.45, 2.75) is 6.92 Å². The lowest BCUT2D eigenvalue weighted by atomic mass is 10.2. The van der Waals surface area contributed by atoms with Gasteiger partial charge in [0.1, 0.15) is 16.6 Å². The summed E-state index contributed by atoms with van der Waals surface area (Å²) in [5.41, 5.74) is 9.29. The minimum absolute atomic E-state index is 0.162. The molecule has 0 unspecified atom stereocenters. The van der Waals surface area contributed by atoms with Crippen LogP contribution in [0.2, 0.25) is 10.0 Å². The van der Waals surface area contributed by atoms with Crippen LogP contribution in [-0.2, 0) is 0 Å². The molecule has 0 atom stereocenters. The van der Waals surface area contributed by atoms with Gasteiger partial charge in [0.2, 0.25) is 0 Å². The van der Waals surface area contributed by atoms with Gasteiger partial charge in [0, 0.05) is 79.5 Å². The van der Waals surface area contributed by atoms with E-state index in [1.54, 1.807) is 0 Å². The third-order valence-corrected chi connectivity index (χ3v) is 6.68. The number of rotatable bonds is 4. The fourth-order valence-electron chi connectivity index (χ4n) is 4.00. The van der Waals surface area contributed by atoms with E-state index in [4.69, 9.17) is 46.4 Å². The second kappa shape index (κ2) is 12.8. The van der Waals surface area contributed by atoms with Gasteiger partial charge in [-0.1, -0.05) is 35.4 Å². The van der Waals surface area contributed by atoms with Gasteiger partial charge >= 0.3 is 0 Å². The second-order valence-corrected chi connectivity index (χ2v) is 9.41. The number of hydrogen-bond donors (Lipinski definition) is 2. The first-order chi connectivity index (χ1) is 16.4. The fourth-order valence-corrected chi connectivity index (χ4v) is 4.44. The monoisotopic (exact) mass is 516 g/mol. The standard InChI is InChI=1S/C15H17ClN4S.C10H13ClN2/c1-11(14(10-17)15(18)21)19-6-8-20(9-7-19)13-4-2-12(16)3-5-13;11-9-1-3-10(4-2-9)13-7-5-12-6-8-13/h2-5H,6-9H2,1H3,(H2,18,21);1-4,12H,5-8H2/b14-11-;. The van der Waals surface area contributed by atoms with Crippen LogP contribution in [0.3, 0.4) is 0 Å². The minimum atomic E-state index is 0.162. The highest BCUT2D eigenvalue weighted by atomic mass is 35.5. The van der Waals surface area contributed by atoms with Crippen LogP contribution in [-0.4, -0.2) is 62.2 Å². The first-order valence-corrected chi connectivity index (χ1v) is 12.4. The number of nitrogens with zero attached hydrogens (tertiary/aromatic N) is 4. The van der Waals surface area contributed by atoms with E-state index in [-0.39, 0.29) is 4.99 Å². The van der Waals surface area contributed by atoms with E-state index < -0.39 is 0 Å². The Labute approximate surface area is 217 Å². The van der Waals surface area contributed by atoms with Crippen LogP contribution in [0.5, 0.6) is 0 Å². The van der Waals surface area contributed by atoms with E-state index in [2.05, 4.69) is 38.2 Å². The molecule has 2 aliphatic heterocycles. The Hall–Kier alpha value is -2.50. The largest absolute Gasteiger partial charge is 0.389 e. The van der Waals surface area contributed by atoms with Gasteiger partial charge in [0.25, 0.3) is 0 Å². The van der Waals surface area contributed by atoms with E-state index in [0.717, 1.165) is 73.8 Å². The summed E-state index contributed by atoms with van der Waals surface area (Å²) in [6, 6.07) is 18.0. The van der Waals surface area contributed by atoms with Crippen molar-refractivity contribution < 1.29 is 0 Å². The Balaban J connectivity index is 0.000000212. The molecular weight excluding hydrogens is 487 g/mol. The predicted molar refractivity (Wildman–Crippen MR) is 147 cm³/mol. The number of hydrogen-bond acceptors (Lipinski definition) is 6. The number of nitrogens with one attached hydrogen (secondary N) is 1. The maximum atomic E-state index is 9.13. The molecule has 3 N–H and O–H groups in total. The summed E-state index contributed by atoms with van der Waals surface area (Å²) in [7, 11) is 0. The lowest BCUT2D eigenvalue weighted by molar-refractivity contribution is 0.321. The van der Waals surface area contributed by atoms with Gasteiger partial charge in [0.05, 0.1) is 0 Å². The normalized spacial score (nSPS) is 16.7. The van der Waals surface area contributed by atoms with Crippen molar-refractivity contribution in [3.8, 4) is 6.07 Å². The van der Waals surface area contributed by atoms with Crippen LogP contribution in [0.1, 0.15) is 6.92 Å². The zero-order valence-electron chi connectivity index (χ0n) is 19.3. The highest BCUT2D eigenvalue weighted by Gasteiger charge is 2.20. The van der Waals surface area contributed by atoms with Gasteiger partial charge in [-0.15, -0.1) is 0 Å². The smallest absolute Gasteiger partial charge is 0.116 e. The van der Waals surface area contributed by atoms with Gasteiger partial charge in [-0.05, 0) is 55.5 Å².